The van der Waals surface area contributed by atoms with E-state index in [0.29, 0.717) is 0 Å². The normalized spacial score (nSPS) is 11.6. The van der Waals surface area contributed by atoms with Crippen molar-refractivity contribution in [1.82, 2.24) is 0 Å². The number of hydrogen-bond acceptors (Lipinski definition) is 0. The molecule has 0 saturated heterocycles. The highest BCUT2D eigenvalue weighted by Crippen LogP contribution is 2.21. The Morgan fingerprint density at radius 3 is 2.17 bits per heavy atom. The zero-order valence-corrected chi connectivity index (χ0v) is 14.5. The van der Waals surface area contributed by atoms with Crippen LogP contribution in [0.5, 0.6) is 0 Å². The van der Waals surface area contributed by atoms with E-state index in [9.17, 15) is 0 Å². The van der Waals surface area contributed by atoms with Gasteiger partial charge in [-0.05, 0) is 47.9 Å². The molecule has 120 valence electrons. The number of benzene rings is 2. The highest BCUT2D eigenvalue weighted by atomic mass is 14.0. The third-order valence-corrected chi connectivity index (χ3v) is 3.95. The average Bonchev–Trinajstić information content (AvgIpc) is 2.60. The van der Waals surface area contributed by atoms with Crippen molar-refractivity contribution in [2.24, 2.45) is 0 Å². The smallest absolute Gasteiger partial charge is 0.00972 e. The second-order valence-electron chi connectivity index (χ2n) is 5.95. The number of unbranched alkanes of at least 4 members (excludes halogenated alkanes) is 1. The maximum absolute atomic E-state index is 2.31. The zero-order chi connectivity index (χ0) is 16.3. The monoisotopic (exact) mass is 304 g/mol. The van der Waals surface area contributed by atoms with Gasteiger partial charge in [0.2, 0.25) is 0 Å². The first kappa shape index (κ1) is 17.3. The zero-order valence-electron chi connectivity index (χ0n) is 14.5. The molecule has 0 atom stereocenters. The van der Waals surface area contributed by atoms with E-state index in [2.05, 4.69) is 86.7 Å². The molecule has 0 heterocycles. The molecule has 2 rings (SSSR count). The van der Waals surface area contributed by atoms with E-state index in [1.54, 1.807) is 0 Å². The van der Waals surface area contributed by atoms with Crippen LogP contribution in [0.2, 0.25) is 0 Å². The topological polar surface area (TPSA) is 0 Å². The Bertz CT molecular complexity index is 629. The van der Waals surface area contributed by atoms with Crippen LogP contribution in [-0.2, 0) is 12.8 Å². The molecule has 2 aromatic carbocycles. The fourth-order valence-electron chi connectivity index (χ4n) is 2.60. The summed E-state index contributed by atoms with van der Waals surface area (Å²) in [5, 5.41) is 0. The molecular formula is C23H28. The summed E-state index contributed by atoms with van der Waals surface area (Å²) < 4.78 is 0. The maximum atomic E-state index is 2.31. The first-order valence-corrected chi connectivity index (χ1v) is 8.81. The molecule has 0 spiro atoms. The number of allylic oxidation sites excluding steroid dienone is 4. The Morgan fingerprint density at radius 2 is 1.43 bits per heavy atom. The fourth-order valence-corrected chi connectivity index (χ4v) is 2.60. The summed E-state index contributed by atoms with van der Waals surface area (Å²) in [6.07, 6.45) is 14.6. The van der Waals surface area contributed by atoms with Crippen LogP contribution in [0.4, 0.5) is 0 Å². The van der Waals surface area contributed by atoms with Crippen LogP contribution in [0.25, 0.3) is 11.1 Å². The average molecular weight is 304 g/mol. The lowest BCUT2D eigenvalue weighted by molar-refractivity contribution is 0.953. The molecule has 0 N–H and O–H groups in total. The molecule has 0 aliphatic heterocycles. The Hall–Kier alpha value is -2.08. The first-order chi connectivity index (χ1) is 11.3. The van der Waals surface area contributed by atoms with Crippen molar-refractivity contribution in [3.05, 3.63) is 84.0 Å². The highest BCUT2D eigenvalue weighted by molar-refractivity contribution is 5.64. The van der Waals surface area contributed by atoms with Crippen molar-refractivity contribution in [3.63, 3.8) is 0 Å². The summed E-state index contributed by atoms with van der Waals surface area (Å²) in [6.45, 7) is 4.39. The predicted molar refractivity (Wildman–Crippen MR) is 103 cm³/mol. The first-order valence-electron chi connectivity index (χ1n) is 8.81. The van der Waals surface area contributed by atoms with Gasteiger partial charge < -0.3 is 0 Å². The van der Waals surface area contributed by atoms with Crippen molar-refractivity contribution < 1.29 is 0 Å². The van der Waals surface area contributed by atoms with Crippen LogP contribution >= 0.6 is 0 Å². The lowest BCUT2D eigenvalue weighted by atomic mass is 10.00. The number of rotatable bonds is 8. The Morgan fingerprint density at radius 1 is 0.696 bits per heavy atom. The molecule has 0 aliphatic carbocycles. The molecule has 0 fully saturated rings. The van der Waals surface area contributed by atoms with Gasteiger partial charge >= 0.3 is 0 Å². The minimum atomic E-state index is 1.02. The third-order valence-electron chi connectivity index (χ3n) is 3.95. The largest absolute Gasteiger partial charge is 0.0885 e. The fraction of sp³-hybridized carbons (Fsp3) is 0.304. The van der Waals surface area contributed by atoms with Crippen LogP contribution in [0, 0.1) is 0 Å². The molecule has 0 amide bonds. The molecular weight excluding hydrogens is 276 g/mol. The van der Waals surface area contributed by atoms with Gasteiger partial charge in [-0.2, -0.15) is 0 Å². The van der Waals surface area contributed by atoms with Crippen LogP contribution in [0.1, 0.15) is 44.2 Å². The van der Waals surface area contributed by atoms with Gasteiger partial charge in [0.1, 0.15) is 0 Å². The lowest BCUT2D eigenvalue weighted by Crippen LogP contribution is -1.85. The van der Waals surface area contributed by atoms with E-state index in [1.807, 2.05) is 0 Å². The minimum Gasteiger partial charge on any atom is -0.0885 e. The van der Waals surface area contributed by atoms with Gasteiger partial charge in [-0.1, -0.05) is 93.1 Å². The summed E-state index contributed by atoms with van der Waals surface area (Å²) in [5.74, 6) is 0. The van der Waals surface area contributed by atoms with E-state index >= 15 is 0 Å². The second kappa shape index (κ2) is 9.84. The van der Waals surface area contributed by atoms with E-state index in [-0.39, 0.29) is 0 Å². The summed E-state index contributed by atoms with van der Waals surface area (Å²) in [4.78, 5) is 0. The highest BCUT2D eigenvalue weighted by Gasteiger charge is 1.99. The van der Waals surface area contributed by atoms with Gasteiger partial charge in [0.15, 0.2) is 0 Å². The summed E-state index contributed by atoms with van der Waals surface area (Å²) in [5.41, 5.74) is 5.36. The Labute approximate surface area is 141 Å². The van der Waals surface area contributed by atoms with Crippen LogP contribution in [-0.4, -0.2) is 0 Å². The van der Waals surface area contributed by atoms with Crippen LogP contribution in [0.15, 0.2) is 72.8 Å². The van der Waals surface area contributed by atoms with Crippen molar-refractivity contribution in [3.8, 4) is 11.1 Å². The van der Waals surface area contributed by atoms with Crippen molar-refractivity contribution >= 4 is 0 Å². The van der Waals surface area contributed by atoms with E-state index in [0.717, 1.165) is 19.3 Å². The Balaban J connectivity index is 2.04. The second-order valence-corrected chi connectivity index (χ2v) is 5.95. The quantitative estimate of drug-likeness (QED) is 0.472. The van der Waals surface area contributed by atoms with Crippen LogP contribution in [0.3, 0.4) is 0 Å². The van der Waals surface area contributed by atoms with Gasteiger partial charge in [0.25, 0.3) is 0 Å². The Kier molecular flexibility index (Phi) is 7.39. The van der Waals surface area contributed by atoms with Crippen molar-refractivity contribution in [1.29, 1.82) is 0 Å². The summed E-state index contributed by atoms with van der Waals surface area (Å²) in [6, 6.07) is 17.8. The molecule has 0 unspecified atom stereocenters. The molecule has 0 aliphatic rings. The minimum absolute atomic E-state index is 1.02. The molecule has 23 heavy (non-hydrogen) atoms. The molecule has 0 saturated carbocycles. The van der Waals surface area contributed by atoms with E-state index in [4.69, 9.17) is 0 Å². The van der Waals surface area contributed by atoms with Gasteiger partial charge in [-0.15, -0.1) is 0 Å². The molecule has 0 radical (unpaired) electrons. The van der Waals surface area contributed by atoms with Gasteiger partial charge in [0, 0.05) is 0 Å². The lowest BCUT2D eigenvalue weighted by Gasteiger charge is -2.05. The third kappa shape index (κ3) is 5.90. The van der Waals surface area contributed by atoms with Gasteiger partial charge in [-0.25, -0.2) is 0 Å². The van der Waals surface area contributed by atoms with Gasteiger partial charge in [0.05, 0.1) is 0 Å². The summed E-state index contributed by atoms with van der Waals surface area (Å²) in [7, 11) is 0. The summed E-state index contributed by atoms with van der Waals surface area (Å²) >= 11 is 0. The van der Waals surface area contributed by atoms with Crippen molar-refractivity contribution in [2.45, 2.75) is 46.0 Å². The predicted octanol–water partition coefficient (Wildman–Crippen LogP) is 6.76. The molecule has 0 nitrogen and oxygen atoms in total. The molecule has 0 bridgehead atoms. The maximum Gasteiger partial charge on any atom is -0.00972 e. The van der Waals surface area contributed by atoms with E-state index < -0.39 is 0 Å². The standard InChI is InChI=1S/C23H28/c1-3-5-7-9-12-21-13-10-14-23(19-21)22-17-15-20(16-18-22)11-8-6-4-2/h6-10,13-19H,3-5,11-12H2,1-2H3. The van der Waals surface area contributed by atoms with Crippen molar-refractivity contribution in [2.75, 3.05) is 0 Å². The van der Waals surface area contributed by atoms with Crippen LogP contribution < -0.4 is 0 Å². The SMILES string of the molecule is CCC=CCc1ccc(-c2cccc(CC=CCCC)c2)cc1. The van der Waals surface area contributed by atoms with Gasteiger partial charge in [-0.3, -0.25) is 0 Å². The molecule has 2 aromatic rings. The van der Waals surface area contributed by atoms with E-state index in [1.165, 1.54) is 35.1 Å². The molecule has 0 aromatic heterocycles. The number of hydrogen-bond donors (Lipinski definition) is 0. The molecule has 0 heteroatoms.